The van der Waals surface area contributed by atoms with Crippen molar-refractivity contribution in [2.24, 2.45) is 5.10 Å². The molecule has 0 atom stereocenters. The van der Waals surface area contributed by atoms with Gasteiger partial charge < -0.3 is 24.1 Å². The molecule has 1 heterocycles. The lowest BCUT2D eigenvalue weighted by atomic mass is 10.1. The van der Waals surface area contributed by atoms with Gasteiger partial charge in [-0.05, 0) is 35.9 Å². The summed E-state index contributed by atoms with van der Waals surface area (Å²) in [6.45, 7) is 0.510. The molecule has 7 nitrogen and oxygen atoms in total. The van der Waals surface area contributed by atoms with E-state index in [1.807, 2.05) is 24.3 Å². The van der Waals surface area contributed by atoms with E-state index in [1.165, 1.54) is 7.11 Å². The number of nitrogens with one attached hydrogen (secondary N) is 1. The molecule has 0 amide bonds. The Morgan fingerprint density at radius 3 is 2.59 bits per heavy atom. The van der Waals surface area contributed by atoms with Gasteiger partial charge in [0.1, 0.15) is 11.5 Å². The van der Waals surface area contributed by atoms with Crippen LogP contribution in [0.2, 0.25) is 0 Å². The van der Waals surface area contributed by atoms with Gasteiger partial charge in [-0.3, -0.25) is 0 Å². The molecule has 0 aliphatic heterocycles. The van der Waals surface area contributed by atoms with E-state index in [-0.39, 0.29) is 0 Å². The highest BCUT2D eigenvalue weighted by Gasteiger charge is 2.15. The molecule has 0 unspecified atom stereocenters. The summed E-state index contributed by atoms with van der Waals surface area (Å²) in [7, 11) is 4.55. The monoisotopic (exact) mass is 394 g/mol. The zero-order valence-electron chi connectivity index (χ0n) is 16.5. The third kappa shape index (κ3) is 4.76. The molecule has 3 rings (SSSR count). The van der Waals surface area contributed by atoms with Crippen molar-refractivity contribution in [1.82, 2.24) is 5.43 Å². The van der Waals surface area contributed by atoms with Crippen LogP contribution in [0.1, 0.15) is 21.7 Å². The minimum Gasteiger partial charge on any atom is -0.493 e. The van der Waals surface area contributed by atoms with E-state index in [1.54, 1.807) is 50.8 Å². The van der Waals surface area contributed by atoms with Gasteiger partial charge in [-0.1, -0.05) is 24.3 Å². The van der Waals surface area contributed by atoms with Gasteiger partial charge in [-0.15, -0.1) is 0 Å². The lowest BCUT2D eigenvalue weighted by Gasteiger charge is -2.09. The Kier molecular flexibility index (Phi) is 6.52. The summed E-state index contributed by atoms with van der Waals surface area (Å²) in [6.07, 6.45) is 1.57. The molecule has 0 aliphatic carbocycles. The van der Waals surface area contributed by atoms with Crippen molar-refractivity contribution in [3.05, 3.63) is 71.5 Å². The average molecular weight is 394 g/mol. The van der Waals surface area contributed by atoms with E-state index in [9.17, 15) is 4.79 Å². The third-order valence-corrected chi connectivity index (χ3v) is 4.24. The van der Waals surface area contributed by atoms with Crippen molar-refractivity contribution in [2.45, 2.75) is 6.54 Å². The van der Waals surface area contributed by atoms with Crippen LogP contribution in [0.3, 0.4) is 0 Å². The van der Waals surface area contributed by atoms with Crippen LogP contribution < -0.4 is 14.9 Å². The highest BCUT2D eigenvalue weighted by atomic mass is 16.5. The van der Waals surface area contributed by atoms with Gasteiger partial charge in [-0.2, -0.15) is 5.10 Å². The highest BCUT2D eigenvalue weighted by Crippen LogP contribution is 2.28. The van der Waals surface area contributed by atoms with E-state index in [0.717, 1.165) is 5.56 Å². The molecule has 0 fully saturated rings. The van der Waals surface area contributed by atoms with Crippen LogP contribution in [-0.2, 0) is 11.3 Å². The maximum Gasteiger partial charge on any atom is 0.338 e. The fourth-order valence-electron chi connectivity index (χ4n) is 2.79. The van der Waals surface area contributed by atoms with Gasteiger partial charge in [0.2, 0.25) is 0 Å². The summed E-state index contributed by atoms with van der Waals surface area (Å²) < 4.78 is 21.1. The summed E-state index contributed by atoms with van der Waals surface area (Å²) in [5.41, 5.74) is 5.07. The zero-order chi connectivity index (χ0) is 20.6. The minimum absolute atomic E-state index is 0.413. The molecular formula is C22H22N2O5. The first-order valence-corrected chi connectivity index (χ1v) is 8.90. The molecule has 3 aromatic rings. The highest BCUT2D eigenvalue weighted by molar-refractivity contribution is 5.96. The Morgan fingerprint density at radius 2 is 1.83 bits per heavy atom. The number of furan rings is 1. The average Bonchev–Trinajstić information content (AvgIpc) is 3.24. The van der Waals surface area contributed by atoms with Gasteiger partial charge in [0.15, 0.2) is 11.5 Å². The first-order chi connectivity index (χ1) is 14.2. The summed E-state index contributed by atoms with van der Waals surface area (Å²) in [4.78, 5) is 11.9. The second-order valence-electron chi connectivity index (χ2n) is 6.02. The Balaban J connectivity index is 1.65. The van der Waals surface area contributed by atoms with Crippen LogP contribution >= 0.6 is 0 Å². The smallest absolute Gasteiger partial charge is 0.338 e. The standard InChI is InChI=1S/C22H22N2O5/c1-26-20-10-8-15(12-21(20)27-2)13-23-24-14-16-9-11-19(29-16)17-6-4-5-7-18(17)22(25)28-3/h4-12,14,23H,13H2,1-3H3/b24-14-. The molecule has 0 radical (unpaired) electrons. The Morgan fingerprint density at radius 1 is 1.03 bits per heavy atom. The van der Waals surface area contributed by atoms with Crippen LogP contribution in [0.15, 0.2) is 64.1 Å². The number of rotatable bonds is 8. The molecule has 29 heavy (non-hydrogen) atoms. The largest absolute Gasteiger partial charge is 0.493 e. The van der Waals surface area contributed by atoms with Gasteiger partial charge in [0.25, 0.3) is 0 Å². The van der Waals surface area contributed by atoms with E-state index in [4.69, 9.17) is 18.6 Å². The van der Waals surface area contributed by atoms with Crippen LogP contribution in [0.4, 0.5) is 0 Å². The molecular weight excluding hydrogens is 372 g/mol. The third-order valence-electron chi connectivity index (χ3n) is 4.24. The van der Waals surface area contributed by atoms with Crippen LogP contribution in [0.25, 0.3) is 11.3 Å². The number of carbonyl (C=O) groups excluding carboxylic acids is 1. The Hall–Kier alpha value is -3.74. The SMILES string of the molecule is COC(=O)c1ccccc1-c1ccc(/C=N\NCc2ccc(OC)c(OC)c2)o1. The number of esters is 1. The molecule has 2 aromatic carbocycles. The minimum atomic E-state index is -0.413. The fourth-order valence-corrected chi connectivity index (χ4v) is 2.79. The number of nitrogens with zero attached hydrogens (tertiary/aromatic N) is 1. The molecule has 0 bridgehead atoms. The number of hydrazone groups is 1. The molecule has 0 saturated heterocycles. The van der Waals surface area contributed by atoms with E-state index in [2.05, 4.69) is 10.5 Å². The van der Waals surface area contributed by atoms with Crippen molar-refractivity contribution in [1.29, 1.82) is 0 Å². The van der Waals surface area contributed by atoms with Crippen LogP contribution in [-0.4, -0.2) is 33.5 Å². The molecule has 0 saturated carbocycles. The maximum absolute atomic E-state index is 11.9. The quantitative estimate of drug-likeness (QED) is 0.355. The van der Waals surface area contributed by atoms with Gasteiger partial charge in [-0.25, -0.2) is 4.79 Å². The van der Waals surface area contributed by atoms with Gasteiger partial charge in [0, 0.05) is 5.56 Å². The zero-order valence-corrected chi connectivity index (χ0v) is 16.5. The first-order valence-electron chi connectivity index (χ1n) is 8.90. The fraction of sp³-hybridized carbons (Fsp3) is 0.182. The van der Waals surface area contributed by atoms with Crippen molar-refractivity contribution in [3.63, 3.8) is 0 Å². The number of hydrogen-bond acceptors (Lipinski definition) is 7. The molecule has 7 heteroatoms. The molecule has 0 aliphatic rings. The van der Waals surface area contributed by atoms with E-state index >= 15 is 0 Å². The van der Waals surface area contributed by atoms with Crippen molar-refractivity contribution >= 4 is 12.2 Å². The summed E-state index contributed by atoms with van der Waals surface area (Å²) in [5.74, 6) is 2.04. The van der Waals surface area contributed by atoms with Crippen LogP contribution in [0, 0.1) is 0 Å². The normalized spacial score (nSPS) is 10.7. The lowest BCUT2D eigenvalue weighted by molar-refractivity contribution is 0.0601. The summed E-state index contributed by atoms with van der Waals surface area (Å²) in [5, 5.41) is 4.18. The maximum atomic E-state index is 11.9. The van der Waals surface area contributed by atoms with Gasteiger partial charge >= 0.3 is 5.97 Å². The van der Waals surface area contributed by atoms with Crippen molar-refractivity contribution < 1.29 is 23.4 Å². The molecule has 1 N–H and O–H groups in total. The lowest BCUT2D eigenvalue weighted by Crippen LogP contribution is -2.05. The first kappa shape index (κ1) is 20.0. The van der Waals surface area contributed by atoms with Crippen molar-refractivity contribution in [2.75, 3.05) is 21.3 Å². The van der Waals surface area contributed by atoms with Gasteiger partial charge in [0.05, 0.1) is 39.7 Å². The van der Waals surface area contributed by atoms with E-state index < -0.39 is 5.97 Å². The Bertz CT molecular complexity index is 1010. The predicted molar refractivity (Wildman–Crippen MR) is 109 cm³/mol. The van der Waals surface area contributed by atoms with Crippen molar-refractivity contribution in [3.8, 4) is 22.8 Å². The summed E-state index contributed by atoms with van der Waals surface area (Å²) >= 11 is 0. The second kappa shape index (κ2) is 9.45. The molecule has 1 aromatic heterocycles. The second-order valence-corrected chi connectivity index (χ2v) is 6.02. The molecule has 150 valence electrons. The topological polar surface area (TPSA) is 82.3 Å². The molecule has 0 spiro atoms. The number of carbonyl (C=O) groups is 1. The number of methoxy groups -OCH3 is 3. The predicted octanol–water partition coefficient (Wildman–Crippen LogP) is 3.87. The number of hydrogen-bond donors (Lipinski definition) is 1. The van der Waals surface area contributed by atoms with E-state index in [0.29, 0.717) is 40.7 Å². The summed E-state index contributed by atoms with van der Waals surface area (Å²) in [6, 6.07) is 16.3. The van der Waals surface area contributed by atoms with Crippen LogP contribution in [0.5, 0.6) is 11.5 Å². The Labute approximate surface area is 168 Å². The number of ether oxygens (including phenoxy) is 3. The number of benzene rings is 2.